The molecule has 1 heterocycles. The summed E-state index contributed by atoms with van der Waals surface area (Å²) < 4.78 is 27.4. The van der Waals surface area contributed by atoms with Crippen molar-refractivity contribution in [1.82, 2.24) is 14.5 Å². The Morgan fingerprint density at radius 3 is 2.32 bits per heavy atom. The van der Waals surface area contributed by atoms with Crippen LogP contribution in [0.1, 0.15) is 43.0 Å². The third-order valence-corrected chi connectivity index (χ3v) is 7.75. The van der Waals surface area contributed by atoms with Crippen LogP contribution in [0.2, 0.25) is 0 Å². The molecule has 168 valence electrons. The van der Waals surface area contributed by atoms with Gasteiger partial charge < -0.3 is 5.32 Å². The van der Waals surface area contributed by atoms with Crippen LogP contribution >= 0.6 is 0 Å². The highest BCUT2D eigenvalue weighted by atomic mass is 32.2. The number of sulfonamides is 1. The first kappa shape index (κ1) is 23.4. The number of rotatable bonds is 7. The predicted molar refractivity (Wildman–Crippen MR) is 123 cm³/mol. The van der Waals surface area contributed by atoms with Crippen LogP contribution in [-0.2, 0) is 21.2 Å². The van der Waals surface area contributed by atoms with E-state index in [9.17, 15) is 13.2 Å². The summed E-state index contributed by atoms with van der Waals surface area (Å²) in [6.07, 6.45) is 1.69. The molecule has 0 radical (unpaired) electrons. The average Bonchev–Trinajstić information content (AvgIpc) is 3.00. The number of carbonyl (C=O) groups is 1. The molecule has 0 aliphatic carbocycles. The predicted octanol–water partition coefficient (Wildman–Crippen LogP) is 3.13. The lowest BCUT2D eigenvalue weighted by Crippen LogP contribution is -2.40. The SMILES string of the molecule is CCc1ccc([C@@H](C)NC(=O)CN2CCCN(S(=O)(=O)c3ccc(C)cc3)CC2)cc1. The van der Waals surface area contributed by atoms with Crippen LogP contribution in [0.25, 0.3) is 0 Å². The maximum Gasteiger partial charge on any atom is 0.243 e. The van der Waals surface area contributed by atoms with Gasteiger partial charge in [-0.3, -0.25) is 9.69 Å². The van der Waals surface area contributed by atoms with E-state index < -0.39 is 10.0 Å². The maximum atomic E-state index is 13.0. The molecular formula is C24H33N3O3S. The minimum atomic E-state index is -3.51. The van der Waals surface area contributed by atoms with Gasteiger partial charge in [-0.15, -0.1) is 0 Å². The molecule has 1 amide bonds. The molecule has 0 spiro atoms. The molecule has 0 saturated carbocycles. The van der Waals surface area contributed by atoms with E-state index in [-0.39, 0.29) is 18.5 Å². The van der Waals surface area contributed by atoms with E-state index in [0.29, 0.717) is 37.5 Å². The minimum absolute atomic E-state index is 0.0399. The van der Waals surface area contributed by atoms with Gasteiger partial charge in [0.25, 0.3) is 0 Å². The fourth-order valence-electron chi connectivity index (χ4n) is 3.82. The summed E-state index contributed by atoms with van der Waals surface area (Å²) in [5.74, 6) is -0.0399. The normalized spacial score (nSPS) is 17.1. The second-order valence-corrected chi connectivity index (χ2v) is 10.2. The van der Waals surface area contributed by atoms with E-state index in [4.69, 9.17) is 0 Å². The lowest BCUT2D eigenvalue weighted by Gasteiger charge is -2.22. The first-order chi connectivity index (χ1) is 14.8. The smallest absolute Gasteiger partial charge is 0.243 e. The molecule has 2 aromatic carbocycles. The zero-order valence-electron chi connectivity index (χ0n) is 18.7. The van der Waals surface area contributed by atoms with Crippen LogP contribution in [-0.4, -0.2) is 56.3 Å². The van der Waals surface area contributed by atoms with Crippen molar-refractivity contribution in [2.45, 2.75) is 44.6 Å². The van der Waals surface area contributed by atoms with Crippen LogP contribution in [0.3, 0.4) is 0 Å². The van der Waals surface area contributed by atoms with Crippen molar-refractivity contribution in [3.8, 4) is 0 Å². The molecule has 31 heavy (non-hydrogen) atoms. The van der Waals surface area contributed by atoms with Crippen LogP contribution in [0.5, 0.6) is 0 Å². The second-order valence-electron chi connectivity index (χ2n) is 8.23. The summed E-state index contributed by atoms with van der Waals surface area (Å²) >= 11 is 0. The van der Waals surface area contributed by atoms with E-state index in [1.165, 1.54) is 9.87 Å². The molecule has 3 rings (SSSR count). The Hall–Kier alpha value is -2.22. The van der Waals surface area contributed by atoms with E-state index in [1.807, 2.05) is 30.9 Å². The van der Waals surface area contributed by atoms with Crippen LogP contribution < -0.4 is 5.32 Å². The second kappa shape index (κ2) is 10.4. The number of carbonyl (C=O) groups excluding carboxylic acids is 1. The molecule has 0 unspecified atom stereocenters. The molecule has 2 aromatic rings. The monoisotopic (exact) mass is 443 g/mol. The molecule has 1 saturated heterocycles. The molecule has 1 atom stereocenters. The van der Waals surface area contributed by atoms with Crippen molar-refractivity contribution >= 4 is 15.9 Å². The Balaban J connectivity index is 1.54. The third kappa shape index (κ3) is 6.15. The Morgan fingerprint density at radius 1 is 1.00 bits per heavy atom. The van der Waals surface area contributed by atoms with Crippen molar-refractivity contribution < 1.29 is 13.2 Å². The summed E-state index contributed by atoms with van der Waals surface area (Å²) in [5, 5.41) is 3.06. The zero-order valence-corrected chi connectivity index (χ0v) is 19.5. The van der Waals surface area contributed by atoms with Gasteiger partial charge in [-0.05, 0) is 56.5 Å². The van der Waals surface area contributed by atoms with Crippen molar-refractivity contribution in [2.24, 2.45) is 0 Å². The van der Waals surface area contributed by atoms with Crippen molar-refractivity contribution in [3.63, 3.8) is 0 Å². The van der Waals surface area contributed by atoms with Crippen molar-refractivity contribution in [2.75, 3.05) is 32.7 Å². The topological polar surface area (TPSA) is 69.7 Å². The number of hydrogen-bond donors (Lipinski definition) is 1. The average molecular weight is 444 g/mol. The fourth-order valence-corrected chi connectivity index (χ4v) is 5.29. The molecule has 1 aliphatic heterocycles. The minimum Gasteiger partial charge on any atom is -0.348 e. The maximum absolute atomic E-state index is 13.0. The van der Waals surface area contributed by atoms with Gasteiger partial charge in [-0.25, -0.2) is 8.42 Å². The number of amides is 1. The molecule has 1 N–H and O–H groups in total. The van der Waals surface area contributed by atoms with Gasteiger partial charge in [-0.2, -0.15) is 4.31 Å². The molecule has 0 bridgehead atoms. The molecule has 0 aromatic heterocycles. The summed E-state index contributed by atoms with van der Waals surface area (Å²) in [6, 6.07) is 15.2. The van der Waals surface area contributed by atoms with Crippen LogP contribution in [0, 0.1) is 6.92 Å². The first-order valence-corrected chi connectivity index (χ1v) is 12.4. The Kier molecular flexibility index (Phi) is 7.86. The van der Waals surface area contributed by atoms with Gasteiger partial charge in [-0.1, -0.05) is 48.9 Å². The molecule has 7 heteroatoms. The van der Waals surface area contributed by atoms with Gasteiger partial charge in [0.05, 0.1) is 17.5 Å². The Labute approximate surface area is 186 Å². The van der Waals surface area contributed by atoms with Crippen LogP contribution in [0.15, 0.2) is 53.4 Å². The van der Waals surface area contributed by atoms with E-state index in [2.05, 4.69) is 36.5 Å². The van der Waals surface area contributed by atoms with E-state index >= 15 is 0 Å². The summed E-state index contributed by atoms with van der Waals surface area (Å²) in [4.78, 5) is 14.9. The first-order valence-electron chi connectivity index (χ1n) is 11.0. The van der Waals surface area contributed by atoms with Crippen molar-refractivity contribution in [1.29, 1.82) is 0 Å². The quantitative estimate of drug-likeness (QED) is 0.714. The Morgan fingerprint density at radius 2 is 1.68 bits per heavy atom. The van der Waals surface area contributed by atoms with Gasteiger partial charge in [0.2, 0.25) is 15.9 Å². The van der Waals surface area contributed by atoms with Gasteiger partial charge in [0.1, 0.15) is 0 Å². The van der Waals surface area contributed by atoms with Crippen molar-refractivity contribution in [3.05, 3.63) is 65.2 Å². The number of nitrogens with zero attached hydrogens (tertiary/aromatic N) is 2. The molecular weight excluding hydrogens is 410 g/mol. The zero-order chi connectivity index (χ0) is 22.4. The van der Waals surface area contributed by atoms with Crippen LogP contribution in [0.4, 0.5) is 0 Å². The van der Waals surface area contributed by atoms with Gasteiger partial charge in [0.15, 0.2) is 0 Å². The highest BCUT2D eigenvalue weighted by molar-refractivity contribution is 7.89. The molecule has 1 fully saturated rings. The number of benzene rings is 2. The standard InChI is InChI=1S/C24H33N3O3S/c1-4-21-8-10-22(11-9-21)20(3)25-24(28)18-26-14-5-15-27(17-16-26)31(29,30)23-12-6-19(2)7-13-23/h6-13,20H,4-5,14-18H2,1-3H3,(H,25,28)/t20-/m1/s1. The highest BCUT2D eigenvalue weighted by Gasteiger charge is 2.27. The van der Waals surface area contributed by atoms with E-state index in [0.717, 1.165) is 17.5 Å². The Bertz CT molecular complexity index is 972. The third-order valence-electron chi connectivity index (χ3n) is 5.84. The number of nitrogens with one attached hydrogen (secondary N) is 1. The largest absolute Gasteiger partial charge is 0.348 e. The summed E-state index contributed by atoms with van der Waals surface area (Å²) in [7, 11) is -3.51. The van der Waals surface area contributed by atoms with Gasteiger partial charge >= 0.3 is 0 Å². The number of hydrogen-bond acceptors (Lipinski definition) is 4. The van der Waals surface area contributed by atoms with Gasteiger partial charge in [0, 0.05) is 19.6 Å². The molecule has 6 nitrogen and oxygen atoms in total. The highest BCUT2D eigenvalue weighted by Crippen LogP contribution is 2.18. The fraction of sp³-hybridized carbons (Fsp3) is 0.458. The summed E-state index contributed by atoms with van der Waals surface area (Å²) in [6.45, 7) is 8.41. The lowest BCUT2D eigenvalue weighted by molar-refractivity contribution is -0.122. The summed E-state index contributed by atoms with van der Waals surface area (Å²) in [5.41, 5.74) is 3.39. The number of aryl methyl sites for hydroxylation is 2. The lowest BCUT2D eigenvalue weighted by atomic mass is 10.1. The van der Waals surface area contributed by atoms with E-state index in [1.54, 1.807) is 12.1 Å². The molecule has 1 aliphatic rings.